The van der Waals surface area contributed by atoms with Crippen molar-refractivity contribution >= 4 is 11.5 Å². The van der Waals surface area contributed by atoms with Crippen LogP contribution in [0.3, 0.4) is 0 Å². The molecule has 3 unspecified atom stereocenters. The normalized spacial score (nSPS) is 18.6. The second-order valence-corrected chi connectivity index (χ2v) is 14.2. The first-order valence-corrected chi connectivity index (χ1v) is 18.3. The van der Waals surface area contributed by atoms with E-state index in [1.54, 1.807) is 12.1 Å². The molecule has 0 saturated heterocycles. The number of benzene rings is 2. The number of unbranched alkanes of at least 4 members (excludes halogenated alkanes) is 2. The molecule has 1 aliphatic carbocycles. The number of carbonyl (C=O) groups is 1. The first-order valence-electron chi connectivity index (χ1n) is 18.3. The minimum absolute atomic E-state index is 0.0142. The van der Waals surface area contributed by atoms with Gasteiger partial charge in [-0.1, -0.05) is 82.7 Å². The first-order chi connectivity index (χ1) is 23.6. The number of aryl methyl sites for hydroxylation is 1. The molecule has 3 atom stereocenters. The fourth-order valence-electron chi connectivity index (χ4n) is 7.84. The van der Waals surface area contributed by atoms with E-state index in [0.29, 0.717) is 31.6 Å². The molecule has 0 aromatic heterocycles. The molecule has 2 aromatic carbocycles. The van der Waals surface area contributed by atoms with Crippen LogP contribution in [0.2, 0.25) is 0 Å². The number of aliphatic hydroxyl groups is 2. The van der Waals surface area contributed by atoms with Crippen LogP contribution in [0.25, 0.3) is 0 Å². The summed E-state index contributed by atoms with van der Waals surface area (Å²) >= 11 is 0. The number of ether oxygens (including phenoxy) is 1. The fraction of sp³-hybridized carbons (Fsp3) is 0.550. The number of aliphatic imine (C=N–C) groups is 1. The van der Waals surface area contributed by atoms with Gasteiger partial charge < -0.3 is 36.4 Å². The van der Waals surface area contributed by atoms with Crippen LogP contribution >= 0.6 is 0 Å². The van der Waals surface area contributed by atoms with Gasteiger partial charge in [-0.2, -0.15) is 0 Å². The zero-order chi connectivity index (χ0) is 35.0. The fourth-order valence-corrected chi connectivity index (χ4v) is 7.84. The van der Waals surface area contributed by atoms with Gasteiger partial charge in [0.05, 0.1) is 30.6 Å². The quantitative estimate of drug-likeness (QED) is 0.0860. The molecular formula is C40H56N4O5. The number of phenolic OH excluding ortho intramolecular Hbond substituents is 1. The van der Waals surface area contributed by atoms with E-state index in [9.17, 15) is 20.1 Å². The predicted octanol–water partition coefficient (Wildman–Crippen LogP) is 6.30. The van der Waals surface area contributed by atoms with Crippen LogP contribution in [-0.4, -0.2) is 57.2 Å². The Bertz CT molecular complexity index is 1530. The lowest BCUT2D eigenvalue weighted by molar-refractivity contribution is -0.127. The molecule has 9 heteroatoms. The highest BCUT2D eigenvalue weighted by Crippen LogP contribution is 2.51. The third-order valence-electron chi connectivity index (χ3n) is 10.6. The lowest BCUT2D eigenvalue weighted by atomic mass is 9.70. The summed E-state index contributed by atoms with van der Waals surface area (Å²) in [4.78, 5) is 20.3. The largest absolute Gasteiger partial charge is 0.504 e. The summed E-state index contributed by atoms with van der Waals surface area (Å²) in [5.41, 5.74) is 18.4. The van der Waals surface area contributed by atoms with Gasteiger partial charge in [-0.3, -0.25) is 9.79 Å². The minimum atomic E-state index is -0.850. The monoisotopic (exact) mass is 672 g/mol. The van der Waals surface area contributed by atoms with Crippen molar-refractivity contribution in [1.82, 2.24) is 4.90 Å². The van der Waals surface area contributed by atoms with Crippen molar-refractivity contribution in [2.75, 3.05) is 13.3 Å². The van der Waals surface area contributed by atoms with Crippen molar-refractivity contribution in [3.8, 4) is 11.5 Å². The molecule has 9 nitrogen and oxygen atoms in total. The number of allylic oxidation sites excluding steroid dienone is 1. The van der Waals surface area contributed by atoms with Crippen LogP contribution in [0.1, 0.15) is 114 Å². The number of aliphatic hydroxyl groups excluding tert-OH is 2. The van der Waals surface area contributed by atoms with Gasteiger partial charge in [0.25, 0.3) is 0 Å². The highest BCUT2D eigenvalue weighted by Gasteiger charge is 2.44. The first kappa shape index (κ1) is 36.8. The van der Waals surface area contributed by atoms with E-state index in [1.165, 1.54) is 11.1 Å². The molecule has 49 heavy (non-hydrogen) atoms. The summed E-state index contributed by atoms with van der Waals surface area (Å²) in [6.45, 7) is 4.97. The summed E-state index contributed by atoms with van der Waals surface area (Å²) in [6.07, 6.45) is 12.5. The Balaban J connectivity index is 1.22. The number of aromatic hydroxyl groups is 1. The molecule has 7 N–H and O–H groups in total. The molecule has 0 spiro atoms. The van der Waals surface area contributed by atoms with E-state index < -0.39 is 24.3 Å². The number of hydrogen-bond acceptors (Lipinski definition) is 9. The van der Waals surface area contributed by atoms with Gasteiger partial charge in [0.2, 0.25) is 0 Å². The second kappa shape index (κ2) is 16.9. The van der Waals surface area contributed by atoms with Crippen LogP contribution in [0.5, 0.6) is 11.5 Å². The van der Waals surface area contributed by atoms with E-state index >= 15 is 0 Å². The highest BCUT2D eigenvalue weighted by molar-refractivity contribution is 6.10. The van der Waals surface area contributed by atoms with Gasteiger partial charge in [0, 0.05) is 35.7 Å². The van der Waals surface area contributed by atoms with Gasteiger partial charge >= 0.3 is 0 Å². The van der Waals surface area contributed by atoms with Gasteiger partial charge in [-0.15, -0.1) is 0 Å². The van der Waals surface area contributed by atoms with Crippen molar-refractivity contribution in [3.05, 3.63) is 82.7 Å². The van der Waals surface area contributed by atoms with Crippen LogP contribution < -0.4 is 16.2 Å². The van der Waals surface area contributed by atoms with E-state index in [4.69, 9.17) is 21.2 Å². The Hall–Kier alpha value is -3.50. The van der Waals surface area contributed by atoms with E-state index in [-0.39, 0.29) is 36.5 Å². The van der Waals surface area contributed by atoms with Crippen LogP contribution in [0, 0.1) is 5.92 Å². The molecule has 1 fully saturated rings. The SMILES string of the molecule is CCCCCC(C(=O)CCc1ccc(O)c(OCN2C=C3C(C4(c5cccc(C(N)N)c5)CCCC4)=CN=C3C2)c1)C(O)CC(O)CCC. The molecule has 0 bridgehead atoms. The summed E-state index contributed by atoms with van der Waals surface area (Å²) < 4.78 is 6.14. The van der Waals surface area contributed by atoms with E-state index in [0.717, 1.165) is 73.8 Å². The topological polar surface area (TPSA) is 155 Å². The third-order valence-corrected chi connectivity index (χ3v) is 10.6. The number of nitrogens with zero attached hydrogens (tertiary/aromatic N) is 2. The number of ketones is 1. The summed E-state index contributed by atoms with van der Waals surface area (Å²) in [5.74, 6) is -0.0652. The van der Waals surface area contributed by atoms with Gasteiger partial charge in [0.1, 0.15) is 5.78 Å². The Kier molecular flexibility index (Phi) is 12.7. The van der Waals surface area contributed by atoms with E-state index in [1.807, 2.05) is 31.3 Å². The number of phenols is 1. The number of rotatable bonds is 19. The van der Waals surface area contributed by atoms with Gasteiger partial charge in [-0.05, 0) is 72.9 Å². The lowest BCUT2D eigenvalue weighted by Gasteiger charge is -2.32. The summed E-state index contributed by atoms with van der Waals surface area (Å²) in [5, 5.41) is 31.8. The maximum Gasteiger partial charge on any atom is 0.163 e. The molecule has 5 rings (SSSR count). The zero-order valence-corrected chi connectivity index (χ0v) is 29.3. The number of carbonyl (C=O) groups excluding carboxylic acids is 1. The summed E-state index contributed by atoms with van der Waals surface area (Å²) in [7, 11) is 0. The van der Waals surface area contributed by atoms with Crippen molar-refractivity contribution in [2.24, 2.45) is 22.4 Å². The van der Waals surface area contributed by atoms with Crippen LogP contribution in [0.15, 0.2) is 71.0 Å². The van der Waals surface area contributed by atoms with Crippen molar-refractivity contribution in [1.29, 1.82) is 0 Å². The zero-order valence-electron chi connectivity index (χ0n) is 29.3. The molecule has 266 valence electrons. The van der Waals surface area contributed by atoms with Crippen LogP contribution in [0.4, 0.5) is 0 Å². The maximum absolute atomic E-state index is 13.4. The third kappa shape index (κ3) is 8.81. The molecule has 2 aliphatic heterocycles. The number of nitrogens with two attached hydrogens (primary N) is 2. The Morgan fingerprint density at radius 1 is 1.04 bits per heavy atom. The molecule has 0 amide bonds. The Morgan fingerprint density at radius 2 is 1.84 bits per heavy atom. The highest BCUT2D eigenvalue weighted by atomic mass is 16.5. The van der Waals surface area contributed by atoms with Crippen LogP contribution in [-0.2, 0) is 16.6 Å². The van der Waals surface area contributed by atoms with Crippen molar-refractivity contribution in [3.63, 3.8) is 0 Å². The van der Waals surface area contributed by atoms with E-state index in [2.05, 4.69) is 30.2 Å². The molecule has 3 aliphatic rings. The lowest BCUT2D eigenvalue weighted by Crippen LogP contribution is -2.32. The Labute approximate surface area is 291 Å². The van der Waals surface area contributed by atoms with Crippen molar-refractivity contribution in [2.45, 2.75) is 121 Å². The molecule has 1 saturated carbocycles. The second-order valence-electron chi connectivity index (χ2n) is 14.2. The number of fused-ring (bicyclic) bond motifs is 1. The maximum atomic E-state index is 13.4. The number of Topliss-reactive ketones (excluding diaryl/α,β-unsaturated/α-hetero) is 1. The average molecular weight is 673 g/mol. The molecular weight excluding hydrogens is 616 g/mol. The van der Waals surface area contributed by atoms with Crippen molar-refractivity contribution < 1.29 is 24.9 Å². The summed E-state index contributed by atoms with van der Waals surface area (Å²) in [6, 6.07) is 13.6. The molecule has 0 radical (unpaired) electrons. The number of hydrogen-bond donors (Lipinski definition) is 5. The predicted molar refractivity (Wildman–Crippen MR) is 194 cm³/mol. The van der Waals surface area contributed by atoms with Gasteiger partial charge in [-0.25, -0.2) is 0 Å². The smallest absolute Gasteiger partial charge is 0.163 e. The molecule has 2 heterocycles. The van der Waals surface area contributed by atoms with Gasteiger partial charge in [0.15, 0.2) is 18.2 Å². The Morgan fingerprint density at radius 3 is 2.57 bits per heavy atom. The molecule has 2 aromatic rings. The standard InChI is InChI=1S/C40H56N4O5/c1-3-5-6-13-31(37(48)22-30(45)10-4-2)35(46)16-14-27-15-17-36(47)38(20-27)49-26-44-24-32-33(23-43-34(32)25-44)40(18-7-8-19-40)29-12-9-11-28(21-29)39(41)42/h9,11-12,15,17,20-21,23-24,30-31,37,39,45,47-48H,3-8,10,13-14,16,18-19,22,25-26,41-42H2,1-2H3. The average Bonchev–Trinajstić information content (AvgIpc) is 3.83. The minimum Gasteiger partial charge on any atom is -0.504 e.